The Labute approximate surface area is 81.5 Å². The standard InChI is InChI=1S/C11H10NO2/c13-12(9-11-7-4-8-14-11)10-5-2-1-3-6-10/h1-9,13H/q+1/b12-9-. The lowest BCUT2D eigenvalue weighted by atomic mass is 10.3. The van der Waals surface area contributed by atoms with Gasteiger partial charge in [-0.1, -0.05) is 18.2 Å². The molecule has 0 fully saturated rings. The van der Waals surface area contributed by atoms with Crippen molar-refractivity contribution in [3.8, 4) is 0 Å². The zero-order valence-electron chi connectivity index (χ0n) is 7.50. The number of rotatable bonds is 2. The fourth-order valence-corrected chi connectivity index (χ4v) is 1.14. The molecule has 0 aliphatic carbocycles. The summed E-state index contributed by atoms with van der Waals surface area (Å²) < 4.78 is 6.10. The van der Waals surface area contributed by atoms with Crippen LogP contribution >= 0.6 is 0 Å². The smallest absolute Gasteiger partial charge is 0.265 e. The Kier molecular flexibility index (Phi) is 2.32. The summed E-state index contributed by atoms with van der Waals surface area (Å²) in [7, 11) is 0. The highest BCUT2D eigenvalue weighted by molar-refractivity contribution is 5.71. The van der Waals surface area contributed by atoms with Crippen LogP contribution in [-0.4, -0.2) is 16.2 Å². The van der Waals surface area contributed by atoms with Gasteiger partial charge in [0.15, 0.2) is 5.76 Å². The highest BCUT2D eigenvalue weighted by Crippen LogP contribution is 2.08. The second-order valence-electron chi connectivity index (χ2n) is 2.82. The van der Waals surface area contributed by atoms with Crippen LogP contribution in [0.2, 0.25) is 0 Å². The van der Waals surface area contributed by atoms with Crippen LogP contribution in [0.15, 0.2) is 53.1 Å². The number of para-hydroxylation sites is 1. The summed E-state index contributed by atoms with van der Waals surface area (Å²) in [6.45, 7) is 0. The lowest BCUT2D eigenvalue weighted by Gasteiger charge is -1.89. The number of nitrogens with zero attached hydrogens (tertiary/aromatic N) is 1. The van der Waals surface area contributed by atoms with E-state index in [2.05, 4.69) is 0 Å². The van der Waals surface area contributed by atoms with Crippen LogP contribution in [0.4, 0.5) is 5.69 Å². The quantitative estimate of drug-likeness (QED) is 0.340. The predicted molar refractivity (Wildman–Crippen MR) is 52.0 cm³/mol. The number of benzene rings is 1. The Morgan fingerprint density at radius 1 is 1.07 bits per heavy atom. The van der Waals surface area contributed by atoms with E-state index >= 15 is 0 Å². The molecule has 3 heteroatoms. The first-order valence-electron chi connectivity index (χ1n) is 4.28. The van der Waals surface area contributed by atoms with Crippen molar-refractivity contribution in [2.45, 2.75) is 0 Å². The van der Waals surface area contributed by atoms with Crippen molar-refractivity contribution in [1.82, 2.24) is 0 Å². The molecule has 14 heavy (non-hydrogen) atoms. The molecule has 0 saturated carbocycles. The summed E-state index contributed by atoms with van der Waals surface area (Å²) in [5, 5.41) is 9.61. The van der Waals surface area contributed by atoms with Gasteiger partial charge in [-0.25, -0.2) is 0 Å². The van der Waals surface area contributed by atoms with Crippen LogP contribution in [-0.2, 0) is 0 Å². The zero-order valence-corrected chi connectivity index (χ0v) is 7.50. The molecule has 0 amide bonds. The Bertz CT molecular complexity index is 418. The largest absolute Gasteiger partial charge is 0.459 e. The third-order valence-corrected chi connectivity index (χ3v) is 1.81. The Balaban J connectivity index is 2.29. The third-order valence-electron chi connectivity index (χ3n) is 1.81. The normalized spacial score (nSPS) is 11.6. The maximum Gasteiger partial charge on any atom is 0.265 e. The second kappa shape index (κ2) is 3.79. The Hall–Kier alpha value is -2.03. The van der Waals surface area contributed by atoms with Gasteiger partial charge in [-0.15, -0.1) is 0 Å². The minimum absolute atomic E-state index is 0.608. The molecule has 2 rings (SSSR count). The lowest BCUT2D eigenvalue weighted by molar-refractivity contribution is -0.709. The summed E-state index contributed by atoms with van der Waals surface area (Å²) in [5.74, 6) is 0.608. The lowest BCUT2D eigenvalue weighted by Crippen LogP contribution is -2.00. The van der Waals surface area contributed by atoms with Crippen LogP contribution in [0, 0.1) is 0 Å². The van der Waals surface area contributed by atoms with Gasteiger partial charge >= 0.3 is 0 Å². The summed E-state index contributed by atoms with van der Waals surface area (Å²) in [5.41, 5.74) is 0.698. The van der Waals surface area contributed by atoms with Crippen molar-refractivity contribution in [2.24, 2.45) is 0 Å². The second-order valence-corrected chi connectivity index (χ2v) is 2.82. The van der Waals surface area contributed by atoms with E-state index in [1.807, 2.05) is 18.2 Å². The topological polar surface area (TPSA) is 36.4 Å². The molecule has 70 valence electrons. The molecule has 1 N–H and O–H groups in total. The van der Waals surface area contributed by atoms with E-state index in [-0.39, 0.29) is 0 Å². The molecule has 0 radical (unpaired) electrons. The zero-order chi connectivity index (χ0) is 9.80. The van der Waals surface area contributed by atoms with Gasteiger partial charge in [-0.2, -0.15) is 0 Å². The molecule has 1 heterocycles. The molecule has 0 aliphatic rings. The number of hydrogen-bond donors (Lipinski definition) is 1. The Morgan fingerprint density at radius 3 is 2.50 bits per heavy atom. The molecular weight excluding hydrogens is 178 g/mol. The van der Waals surface area contributed by atoms with E-state index in [9.17, 15) is 5.21 Å². The van der Waals surface area contributed by atoms with Gasteiger partial charge in [0.2, 0.25) is 0 Å². The molecule has 2 aromatic rings. The Morgan fingerprint density at radius 2 is 1.86 bits per heavy atom. The first-order chi connectivity index (χ1) is 6.86. The van der Waals surface area contributed by atoms with Crippen LogP contribution in [0.5, 0.6) is 0 Å². The maximum atomic E-state index is 9.61. The minimum atomic E-state index is 0.608. The monoisotopic (exact) mass is 188 g/mol. The molecule has 0 unspecified atom stereocenters. The van der Waals surface area contributed by atoms with Crippen molar-refractivity contribution in [2.75, 3.05) is 0 Å². The van der Waals surface area contributed by atoms with Gasteiger partial charge in [0.05, 0.1) is 6.26 Å². The van der Waals surface area contributed by atoms with Crippen LogP contribution in [0.25, 0.3) is 0 Å². The van der Waals surface area contributed by atoms with E-state index in [1.165, 1.54) is 6.21 Å². The molecule has 3 nitrogen and oxygen atoms in total. The minimum Gasteiger partial charge on any atom is -0.459 e. The molecule has 0 saturated heterocycles. The van der Waals surface area contributed by atoms with Gasteiger partial charge in [0, 0.05) is 16.9 Å². The van der Waals surface area contributed by atoms with E-state index in [4.69, 9.17) is 4.42 Å². The van der Waals surface area contributed by atoms with Gasteiger partial charge in [0.1, 0.15) is 0 Å². The molecule has 1 aromatic carbocycles. The third kappa shape index (κ3) is 1.82. The van der Waals surface area contributed by atoms with Gasteiger partial charge in [-0.3, -0.25) is 5.21 Å². The summed E-state index contributed by atoms with van der Waals surface area (Å²) in [6.07, 6.45) is 3.07. The summed E-state index contributed by atoms with van der Waals surface area (Å²) in [4.78, 5) is 0. The molecule has 1 aromatic heterocycles. The van der Waals surface area contributed by atoms with Crippen molar-refractivity contribution in [3.63, 3.8) is 0 Å². The van der Waals surface area contributed by atoms with E-state index in [0.717, 1.165) is 4.74 Å². The fraction of sp³-hybridized carbons (Fsp3) is 0. The summed E-state index contributed by atoms with van der Waals surface area (Å²) in [6, 6.07) is 12.8. The van der Waals surface area contributed by atoms with Gasteiger partial charge < -0.3 is 4.42 Å². The highest BCUT2D eigenvalue weighted by Gasteiger charge is 2.06. The van der Waals surface area contributed by atoms with Crippen molar-refractivity contribution in [3.05, 3.63) is 54.5 Å². The fourth-order valence-electron chi connectivity index (χ4n) is 1.14. The predicted octanol–water partition coefficient (Wildman–Crippen LogP) is 2.43. The van der Waals surface area contributed by atoms with Gasteiger partial charge in [0.25, 0.3) is 11.9 Å². The van der Waals surface area contributed by atoms with E-state index in [1.54, 1.807) is 30.5 Å². The molecular formula is C11H10NO2+. The van der Waals surface area contributed by atoms with E-state index < -0.39 is 0 Å². The first-order valence-corrected chi connectivity index (χ1v) is 4.28. The summed E-state index contributed by atoms with van der Waals surface area (Å²) >= 11 is 0. The van der Waals surface area contributed by atoms with Crippen molar-refractivity contribution in [1.29, 1.82) is 0 Å². The van der Waals surface area contributed by atoms with Crippen LogP contribution in [0.1, 0.15) is 5.76 Å². The number of hydrogen-bond acceptors (Lipinski definition) is 2. The van der Waals surface area contributed by atoms with Crippen LogP contribution in [0.3, 0.4) is 0 Å². The molecule has 0 spiro atoms. The highest BCUT2D eigenvalue weighted by atomic mass is 16.5. The molecule has 0 aliphatic heterocycles. The average molecular weight is 188 g/mol. The first kappa shape index (κ1) is 8.56. The van der Waals surface area contributed by atoms with Gasteiger partial charge in [-0.05, 0) is 12.1 Å². The molecule has 0 atom stereocenters. The SMILES string of the molecule is O/[N+](=C\c1ccco1)c1ccccc1. The van der Waals surface area contributed by atoms with Crippen LogP contribution < -0.4 is 0 Å². The number of furan rings is 1. The van der Waals surface area contributed by atoms with Crippen molar-refractivity contribution < 1.29 is 14.4 Å². The maximum absolute atomic E-state index is 9.61. The van der Waals surface area contributed by atoms with E-state index in [0.29, 0.717) is 11.4 Å². The average Bonchev–Trinajstić information content (AvgIpc) is 2.72. The van der Waals surface area contributed by atoms with Crippen molar-refractivity contribution >= 4 is 11.9 Å². The molecule has 0 bridgehead atoms.